The molecule has 0 saturated carbocycles. The summed E-state index contributed by atoms with van der Waals surface area (Å²) >= 11 is 0. The molecule has 0 heterocycles. The molecule has 0 aliphatic carbocycles. The molecular weight excluding hydrogens is 183 g/mol. The fourth-order valence-corrected chi connectivity index (χ4v) is 0.326. The van der Waals surface area contributed by atoms with Gasteiger partial charge in [-0.15, -0.1) is 0 Å². The summed E-state index contributed by atoms with van der Waals surface area (Å²) in [5.41, 5.74) is 0. The first-order valence-electron chi connectivity index (χ1n) is 2.65. The highest BCUT2D eigenvalue weighted by atomic mass is 19.3. The molecule has 1 nitrogen and oxygen atoms in total. The van der Waals surface area contributed by atoms with Crippen LogP contribution in [-0.4, -0.2) is 12.0 Å². The van der Waals surface area contributed by atoms with Gasteiger partial charge >= 0.3 is 12.0 Å². The molecule has 0 spiro atoms. The molecule has 0 rings (SSSR count). The summed E-state index contributed by atoms with van der Waals surface area (Å²) < 4.78 is 62.9. The van der Waals surface area contributed by atoms with Gasteiger partial charge in [0.25, 0.3) is 6.01 Å². The van der Waals surface area contributed by atoms with Crippen molar-refractivity contribution in [2.45, 2.75) is 12.0 Å². The van der Waals surface area contributed by atoms with Gasteiger partial charge in [0.05, 0.1) is 0 Å². The van der Waals surface area contributed by atoms with E-state index in [1.807, 2.05) is 0 Å². The van der Waals surface area contributed by atoms with Crippen LogP contribution in [0, 0.1) is 0 Å². The lowest BCUT2D eigenvalue weighted by molar-refractivity contribution is -0.320. The van der Waals surface area contributed by atoms with Crippen molar-refractivity contribution in [3.05, 3.63) is 25.2 Å². The van der Waals surface area contributed by atoms with E-state index in [2.05, 4.69) is 17.9 Å². The van der Waals surface area contributed by atoms with Crippen LogP contribution >= 0.6 is 0 Å². The molecule has 0 aliphatic rings. The minimum Gasteiger partial charge on any atom is -0.402 e. The first-order valence-corrected chi connectivity index (χ1v) is 2.65. The first kappa shape index (κ1) is 10.9. The van der Waals surface area contributed by atoms with Crippen molar-refractivity contribution >= 4 is 0 Å². The number of hydrogen-bond donors (Lipinski definition) is 0. The third kappa shape index (κ3) is 2.21. The predicted octanol–water partition coefficient (Wildman–Crippen LogP) is 2.86. The lowest BCUT2D eigenvalue weighted by atomic mass is 10.3. The highest BCUT2D eigenvalue weighted by Gasteiger charge is 2.57. The van der Waals surface area contributed by atoms with Gasteiger partial charge in [-0.3, -0.25) is 0 Å². The molecular formula is C6H5F5O. The third-order valence-electron chi connectivity index (χ3n) is 0.883. The van der Waals surface area contributed by atoms with Crippen LogP contribution in [0.1, 0.15) is 0 Å². The lowest BCUT2D eigenvalue weighted by Gasteiger charge is -2.22. The van der Waals surface area contributed by atoms with Crippen LogP contribution in [0.15, 0.2) is 25.2 Å². The van der Waals surface area contributed by atoms with Crippen LogP contribution in [0.3, 0.4) is 0 Å². The topological polar surface area (TPSA) is 9.23 Å². The van der Waals surface area contributed by atoms with Crippen molar-refractivity contribution < 1.29 is 26.7 Å². The molecule has 6 heteroatoms. The largest absolute Gasteiger partial charge is 0.470 e. The van der Waals surface area contributed by atoms with Crippen LogP contribution in [0.5, 0.6) is 0 Å². The molecule has 0 radical (unpaired) electrons. The Morgan fingerprint density at radius 1 is 1.25 bits per heavy atom. The van der Waals surface area contributed by atoms with Gasteiger partial charge in [0.1, 0.15) is 0 Å². The Bertz CT molecular complexity index is 198. The zero-order chi connectivity index (χ0) is 9.99. The standard InChI is InChI=1S/C6H5F5O/c1-3-5(8,9)6(10,11)12-4(2)7/h3H,1-2H2. The van der Waals surface area contributed by atoms with Crippen molar-refractivity contribution in [2.75, 3.05) is 0 Å². The van der Waals surface area contributed by atoms with E-state index < -0.39 is 18.0 Å². The van der Waals surface area contributed by atoms with E-state index in [0.717, 1.165) is 0 Å². The zero-order valence-corrected chi connectivity index (χ0v) is 5.79. The van der Waals surface area contributed by atoms with Crippen LogP contribution in [0.2, 0.25) is 0 Å². The van der Waals surface area contributed by atoms with Gasteiger partial charge in [-0.1, -0.05) is 6.58 Å². The molecule has 0 fully saturated rings. The highest BCUT2D eigenvalue weighted by molar-refractivity contribution is 4.95. The maximum Gasteiger partial charge on any atom is 0.470 e. The number of hydrogen-bond acceptors (Lipinski definition) is 1. The van der Waals surface area contributed by atoms with Crippen molar-refractivity contribution in [2.24, 2.45) is 0 Å². The Morgan fingerprint density at radius 2 is 1.67 bits per heavy atom. The fourth-order valence-electron chi connectivity index (χ4n) is 0.326. The summed E-state index contributed by atoms with van der Waals surface area (Å²) in [5, 5.41) is 0. The van der Waals surface area contributed by atoms with Crippen LogP contribution in [0.25, 0.3) is 0 Å². The SMILES string of the molecule is C=CC(F)(F)C(F)(F)OC(=C)F. The Hall–Kier alpha value is -1.07. The van der Waals surface area contributed by atoms with Gasteiger partial charge in [-0.25, -0.2) is 0 Å². The number of ether oxygens (including phenoxy) is 1. The average Bonchev–Trinajstić information content (AvgIpc) is 1.84. The fraction of sp³-hybridized carbons (Fsp3) is 0.333. The summed E-state index contributed by atoms with van der Waals surface area (Å²) in [7, 11) is 0. The molecule has 0 aromatic heterocycles. The van der Waals surface area contributed by atoms with Crippen molar-refractivity contribution in [3.8, 4) is 0 Å². The van der Waals surface area contributed by atoms with E-state index in [0.29, 0.717) is 0 Å². The maximum absolute atomic E-state index is 12.1. The Morgan fingerprint density at radius 3 is 1.92 bits per heavy atom. The van der Waals surface area contributed by atoms with E-state index in [4.69, 9.17) is 0 Å². The Balaban J connectivity index is 4.59. The molecule has 0 aromatic carbocycles. The van der Waals surface area contributed by atoms with Gasteiger partial charge in [0.2, 0.25) is 0 Å². The number of rotatable bonds is 4. The smallest absolute Gasteiger partial charge is 0.402 e. The zero-order valence-electron chi connectivity index (χ0n) is 5.79. The lowest BCUT2D eigenvalue weighted by Crippen LogP contribution is -2.40. The normalized spacial score (nSPS) is 12.4. The van der Waals surface area contributed by atoms with Crippen molar-refractivity contribution in [1.82, 2.24) is 0 Å². The van der Waals surface area contributed by atoms with Crippen molar-refractivity contribution in [1.29, 1.82) is 0 Å². The molecule has 12 heavy (non-hydrogen) atoms. The highest BCUT2D eigenvalue weighted by Crippen LogP contribution is 2.37. The molecule has 0 amide bonds. The summed E-state index contributed by atoms with van der Waals surface area (Å²) in [5.74, 6) is -4.62. The van der Waals surface area contributed by atoms with E-state index in [1.54, 1.807) is 0 Å². The van der Waals surface area contributed by atoms with Crippen molar-refractivity contribution in [3.63, 3.8) is 0 Å². The van der Waals surface area contributed by atoms with Crippen LogP contribution in [0.4, 0.5) is 22.0 Å². The molecule has 0 unspecified atom stereocenters. The van der Waals surface area contributed by atoms with Gasteiger partial charge in [-0.05, 0) is 12.7 Å². The number of halogens is 5. The predicted molar refractivity (Wildman–Crippen MR) is 31.4 cm³/mol. The summed E-state index contributed by atoms with van der Waals surface area (Å²) in [6.07, 6.45) is -5.30. The second-order valence-corrected chi connectivity index (χ2v) is 1.80. The molecule has 0 atom stereocenters. The molecule has 70 valence electrons. The maximum atomic E-state index is 12.1. The van der Waals surface area contributed by atoms with E-state index in [9.17, 15) is 22.0 Å². The second-order valence-electron chi connectivity index (χ2n) is 1.80. The first-order chi connectivity index (χ1) is 5.23. The monoisotopic (exact) mass is 188 g/mol. The van der Waals surface area contributed by atoms with Gasteiger partial charge in [0, 0.05) is 0 Å². The summed E-state index contributed by atoms with van der Waals surface area (Å²) in [6, 6.07) is -1.98. The van der Waals surface area contributed by atoms with E-state index in [-0.39, 0.29) is 6.08 Å². The second kappa shape index (κ2) is 3.12. The van der Waals surface area contributed by atoms with Crippen LogP contribution in [-0.2, 0) is 4.74 Å². The third-order valence-corrected chi connectivity index (χ3v) is 0.883. The van der Waals surface area contributed by atoms with E-state index in [1.165, 1.54) is 0 Å². The minimum absolute atomic E-state index is 0.337. The summed E-state index contributed by atoms with van der Waals surface area (Å²) in [6.45, 7) is 4.70. The van der Waals surface area contributed by atoms with Gasteiger partial charge in [-0.2, -0.15) is 22.0 Å². The molecule has 0 aromatic rings. The molecule has 0 bridgehead atoms. The van der Waals surface area contributed by atoms with Gasteiger partial charge < -0.3 is 4.74 Å². The minimum atomic E-state index is -4.96. The Kier molecular flexibility index (Phi) is 2.84. The molecule has 0 aliphatic heterocycles. The van der Waals surface area contributed by atoms with E-state index >= 15 is 0 Å². The quantitative estimate of drug-likeness (QED) is 0.374. The molecule has 0 N–H and O–H groups in total. The molecule has 0 saturated heterocycles. The average molecular weight is 188 g/mol. The number of alkyl halides is 4. The van der Waals surface area contributed by atoms with Crippen LogP contribution < -0.4 is 0 Å². The van der Waals surface area contributed by atoms with Gasteiger partial charge in [0.15, 0.2) is 0 Å². The Labute approximate surface area is 65.1 Å². The summed E-state index contributed by atoms with van der Waals surface area (Å²) in [4.78, 5) is 0.